The summed E-state index contributed by atoms with van der Waals surface area (Å²) in [5, 5.41) is 0. The summed E-state index contributed by atoms with van der Waals surface area (Å²) in [6, 6.07) is 0. The van der Waals surface area contributed by atoms with Gasteiger partial charge in [0.25, 0.3) is 0 Å². The zero-order valence-electron chi connectivity index (χ0n) is 5.51. The minimum Gasteiger partial charge on any atom is -0.405 e. The van der Waals surface area contributed by atoms with E-state index in [9.17, 15) is 0 Å². The summed E-state index contributed by atoms with van der Waals surface area (Å²) < 4.78 is 0. The average molecular weight is 162 g/mol. The first-order valence-electron chi connectivity index (χ1n) is 2.81. The molecule has 4 nitrogen and oxygen atoms in total. The standard InChI is InChI=1S/C5H11N2O2P/c6-3-1-2-4-7-5-10(8)9/h1,3,5,8-9H,2,4,6H2. The molecule has 0 atom stereocenters. The van der Waals surface area contributed by atoms with Crippen molar-refractivity contribution in [2.24, 2.45) is 10.7 Å². The van der Waals surface area contributed by atoms with Gasteiger partial charge in [-0.1, -0.05) is 6.08 Å². The lowest BCUT2D eigenvalue weighted by atomic mass is 10.4. The molecule has 0 aromatic heterocycles. The Kier molecular flexibility index (Phi) is 6.38. The van der Waals surface area contributed by atoms with Crippen LogP contribution in [0.2, 0.25) is 0 Å². The second-order valence-electron chi connectivity index (χ2n) is 1.56. The second-order valence-corrected chi connectivity index (χ2v) is 2.43. The van der Waals surface area contributed by atoms with E-state index in [0.29, 0.717) is 6.54 Å². The third-order valence-corrected chi connectivity index (χ3v) is 1.12. The first kappa shape index (κ1) is 9.56. The van der Waals surface area contributed by atoms with Crippen LogP contribution in [0.4, 0.5) is 0 Å². The Morgan fingerprint density at radius 1 is 1.50 bits per heavy atom. The molecule has 0 bridgehead atoms. The molecule has 10 heavy (non-hydrogen) atoms. The van der Waals surface area contributed by atoms with Gasteiger partial charge in [-0.25, -0.2) is 0 Å². The van der Waals surface area contributed by atoms with Crippen molar-refractivity contribution in [1.29, 1.82) is 0 Å². The van der Waals surface area contributed by atoms with Crippen molar-refractivity contribution in [2.75, 3.05) is 6.54 Å². The van der Waals surface area contributed by atoms with Crippen LogP contribution in [0.1, 0.15) is 6.42 Å². The highest BCUT2D eigenvalue weighted by molar-refractivity contribution is 7.61. The summed E-state index contributed by atoms with van der Waals surface area (Å²) in [5.74, 6) is 1.14. The van der Waals surface area contributed by atoms with Gasteiger partial charge < -0.3 is 15.5 Å². The zero-order valence-corrected chi connectivity index (χ0v) is 6.41. The maximum atomic E-state index is 8.34. The van der Waals surface area contributed by atoms with Gasteiger partial charge in [0.05, 0.1) is 5.96 Å². The fraction of sp³-hybridized carbons (Fsp3) is 0.400. The molecule has 0 aromatic carbocycles. The maximum Gasteiger partial charge on any atom is 0.211 e. The van der Waals surface area contributed by atoms with E-state index in [2.05, 4.69) is 4.99 Å². The van der Waals surface area contributed by atoms with E-state index in [1.54, 1.807) is 6.08 Å². The van der Waals surface area contributed by atoms with E-state index in [0.717, 1.165) is 12.4 Å². The molecule has 0 fully saturated rings. The van der Waals surface area contributed by atoms with Crippen LogP contribution in [-0.4, -0.2) is 22.3 Å². The number of nitrogens with zero attached hydrogens (tertiary/aromatic N) is 1. The maximum absolute atomic E-state index is 8.34. The molecule has 0 aromatic rings. The molecule has 5 heteroatoms. The van der Waals surface area contributed by atoms with Gasteiger partial charge in [-0.3, -0.25) is 4.99 Å². The van der Waals surface area contributed by atoms with Crippen molar-refractivity contribution in [1.82, 2.24) is 0 Å². The number of nitrogens with two attached hydrogens (primary N) is 1. The van der Waals surface area contributed by atoms with Crippen LogP contribution in [-0.2, 0) is 0 Å². The third kappa shape index (κ3) is 7.56. The van der Waals surface area contributed by atoms with Crippen molar-refractivity contribution >= 4 is 14.3 Å². The quantitative estimate of drug-likeness (QED) is 0.313. The molecular weight excluding hydrogens is 151 g/mol. The van der Waals surface area contributed by atoms with E-state index in [-0.39, 0.29) is 0 Å². The van der Waals surface area contributed by atoms with E-state index in [1.807, 2.05) is 0 Å². The van der Waals surface area contributed by atoms with Gasteiger partial charge in [0.1, 0.15) is 0 Å². The summed E-state index contributed by atoms with van der Waals surface area (Å²) in [7, 11) is -1.97. The Bertz CT molecular complexity index is 125. The Balaban J connectivity index is 3.18. The average Bonchev–Trinajstić information content (AvgIpc) is 1.87. The minimum atomic E-state index is -1.97. The highest BCUT2D eigenvalue weighted by atomic mass is 31.2. The summed E-state index contributed by atoms with van der Waals surface area (Å²) in [6.45, 7) is 0.549. The van der Waals surface area contributed by atoms with E-state index in [1.165, 1.54) is 6.20 Å². The normalized spacial score (nSPS) is 12.3. The van der Waals surface area contributed by atoms with Crippen LogP contribution in [0, 0.1) is 0 Å². The predicted molar refractivity (Wildman–Crippen MR) is 42.7 cm³/mol. The van der Waals surface area contributed by atoms with Crippen molar-refractivity contribution in [3.8, 4) is 0 Å². The van der Waals surface area contributed by atoms with Crippen molar-refractivity contribution in [2.45, 2.75) is 6.42 Å². The van der Waals surface area contributed by atoms with Gasteiger partial charge in [-0.15, -0.1) is 0 Å². The smallest absolute Gasteiger partial charge is 0.211 e. The van der Waals surface area contributed by atoms with E-state index in [4.69, 9.17) is 15.5 Å². The largest absolute Gasteiger partial charge is 0.405 e. The molecule has 0 rings (SSSR count). The molecule has 0 aliphatic carbocycles. The molecule has 0 saturated heterocycles. The third-order valence-electron chi connectivity index (χ3n) is 0.746. The van der Waals surface area contributed by atoms with Crippen molar-refractivity contribution in [3.05, 3.63) is 12.3 Å². The summed E-state index contributed by atoms with van der Waals surface area (Å²) in [5.41, 5.74) is 5.04. The van der Waals surface area contributed by atoms with Crippen LogP contribution in [0.25, 0.3) is 0 Å². The van der Waals surface area contributed by atoms with Crippen LogP contribution in [0.5, 0.6) is 0 Å². The van der Waals surface area contributed by atoms with Crippen LogP contribution >= 0.6 is 8.38 Å². The number of rotatable bonds is 4. The van der Waals surface area contributed by atoms with Gasteiger partial charge in [-0.05, 0) is 12.6 Å². The molecule has 0 saturated carbocycles. The fourth-order valence-electron chi connectivity index (χ4n) is 0.376. The molecular formula is C5H11N2O2P. The molecule has 0 aliphatic heterocycles. The predicted octanol–water partition coefficient (Wildman–Crippen LogP) is 0.174. The lowest BCUT2D eigenvalue weighted by molar-refractivity contribution is 0.501. The second kappa shape index (κ2) is 6.68. The van der Waals surface area contributed by atoms with Crippen molar-refractivity contribution in [3.63, 3.8) is 0 Å². The molecule has 0 unspecified atom stereocenters. The summed E-state index contributed by atoms with van der Waals surface area (Å²) in [6.07, 6.45) is 3.93. The molecule has 0 radical (unpaired) electrons. The van der Waals surface area contributed by atoms with Crippen molar-refractivity contribution < 1.29 is 9.79 Å². The summed E-state index contributed by atoms with van der Waals surface area (Å²) >= 11 is 0. The molecule has 0 heterocycles. The highest BCUT2D eigenvalue weighted by Crippen LogP contribution is 2.16. The molecule has 4 N–H and O–H groups in total. The number of hydrogen-bond acceptors (Lipinski definition) is 4. The van der Waals surface area contributed by atoms with Gasteiger partial charge >= 0.3 is 0 Å². The monoisotopic (exact) mass is 162 g/mol. The SMILES string of the molecule is NC=CCCN=CP(O)O. The molecule has 0 spiro atoms. The Morgan fingerprint density at radius 3 is 2.70 bits per heavy atom. The summed E-state index contributed by atoms with van der Waals surface area (Å²) in [4.78, 5) is 20.4. The minimum absolute atomic E-state index is 0.549. The number of aliphatic imine (C=N–C) groups is 1. The van der Waals surface area contributed by atoms with Gasteiger partial charge in [0, 0.05) is 6.54 Å². The van der Waals surface area contributed by atoms with Gasteiger partial charge in [-0.2, -0.15) is 0 Å². The zero-order chi connectivity index (χ0) is 7.82. The van der Waals surface area contributed by atoms with E-state index < -0.39 is 8.38 Å². The molecule has 58 valence electrons. The Hall–Kier alpha value is -0.440. The number of hydrogen-bond donors (Lipinski definition) is 3. The molecule has 0 aliphatic rings. The Morgan fingerprint density at radius 2 is 2.20 bits per heavy atom. The van der Waals surface area contributed by atoms with Crippen LogP contribution < -0.4 is 5.73 Å². The van der Waals surface area contributed by atoms with E-state index >= 15 is 0 Å². The first-order chi connectivity index (χ1) is 4.77. The first-order valence-corrected chi connectivity index (χ1v) is 4.12. The van der Waals surface area contributed by atoms with Gasteiger partial charge in [0.15, 0.2) is 0 Å². The van der Waals surface area contributed by atoms with Crippen LogP contribution in [0.3, 0.4) is 0 Å². The highest BCUT2D eigenvalue weighted by Gasteiger charge is 1.86. The topological polar surface area (TPSA) is 78.8 Å². The van der Waals surface area contributed by atoms with Crippen LogP contribution in [0.15, 0.2) is 17.3 Å². The lowest BCUT2D eigenvalue weighted by Crippen LogP contribution is -1.81. The Labute approximate surface area is 61.0 Å². The molecule has 0 amide bonds. The van der Waals surface area contributed by atoms with Gasteiger partial charge in [0.2, 0.25) is 8.38 Å². The fourth-order valence-corrected chi connectivity index (χ4v) is 0.638. The lowest BCUT2D eigenvalue weighted by Gasteiger charge is -1.89.